The number of benzene rings is 1. The van der Waals surface area contributed by atoms with Gasteiger partial charge in [0.25, 0.3) is 0 Å². The fourth-order valence-electron chi connectivity index (χ4n) is 3.35. The van der Waals surface area contributed by atoms with E-state index in [4.69, 9.17) is 5.10 Å². The number of rotatable bonds is 2. The molecule has 0 spiro atoms. The van der Waals surface area contributed by atoms with Gasteiger partial charge in [0.05, 0.1) is 29.1 Å². The van der Waals surface area contributed by atoms with Gasteiger partial charge in [0.1, 0.15) is 5.69 Å². The number of aromatic nitrogens is 6. The molecular weight excluding hydrogens is 350 g/mol. The van der Waals surface area contributed by atoms with E-state index < -0.39 is 0 Å². The summed E-state index contributed by atoms with van der Waals surface area (Å²) in [4.78, 5) is 4.57. The summed E-state index contributed by atoms with van der Waals surface area (Å²) >= 11 is 0. The van der Waals surface area contributed by atoms with E-state index in [0.717, 1.165) is 53.4 Å². The van der Waals surface area contributed by atoms with E-state index in [9.17, 15) is 0 Å². The van der Waals surface area contributed by atoms with E-state index in [2.05, 4.69) is 47.9 Å². The maximum absolute atomic E-state index is 4.74. The zero-order valence-electron chi connectivity index (χ0n) is 14.3. The third kappa shape index (κ3) is 2.65. The Morgan fingerprint density at radius 2 is 2.08 bits per heavy atom. The van der Waals surface area contributed by atoms with Crippen LogP contribution in [0, 0.1) is 6.92 Å². The molecule has 1 aromatic carbocycles. The molecule has 4 heterocycles. The lowest BCUT2D eigenvalue weighted by atomic mass is 10.1. The maximum Gasteiger partial charge on any atom is 0.165 e. The SMILES string of the molecule is Cc1cc2c(-n3ccnc3-c3cc4n(n3)CCNC4)cccc2nn1.Cl. The first kappa shape index (κ1) is 16.7. The van der Waals surface area contributed by atoms with Crippen LogP contribution in [0.4, 0.5) is 0 Å². The van der Waals surface area contributed by atoms with Gasteiger partial charge >= 0.3 is 0 Å². The minimum absolute atomic E-state index is 0. The van der Waals surface area contributed by atoms with Crippen molar-refractivity contribution in [1.29, 1.82) is 0 Å². The molecule has 1 aliphatic heterocycles. The normalized spacial score (nSPS) is 13.4. The molecule has 8 heteroatoms. The molecule has 0 bridgehead atoms. The molecule has 0 saturated heterocycles. The average molecular weight is 368 g/mol. The molecule has 5 rings (SSSR count). The lowest BCUT2D eigenvalue weighted by Gasteiger charge is -2.13. The third-order valence-electron chi connectivity index (χ3n) is 4.53. The predicted octanol–water partition coefficient (Wildman–Crippen LogP) is 2.51. The van der Waals surface area contributed by atoms with E-state index in [1.54, 1.807) is 0 Å². The number of aryl methyl sites for hydroxylation is 1. The Labute approximate surface area is 156 Å². The second kappa shape index (κ2) is 6.51. The van der Waals surface area contributed by atoms with Crippen LogP contribution in [0.1, 0.15) is 11.4 Å². The van der Waals surface area contributed by atoms with Crippen molar-refractivity contribution in [1.82, 2.24) is 34.8 Å². The van der Waals surface area contributed by atoms with Gasteiger partial charge < -0.3 is 5.32 Å². The Morgan fingerprint density at radius 1 is 1.15 bits per heavy atom. The van der Waals surface area contributed by atoms with E-state index in [-0.39, 0.29) is 12.4 Å². The Bertz CT molecular complexity index is 1060. The van der Waals surface area contributed by atoms with E-state index >= 15 is 0 Å². The fourth-order valence-corrected chi connectivity index (χ4v) is 3.35. The van der Waals surface area contributed by atoms with Crippen molar-refractivity contribution in [2.75, 3.05) is 6.54 Å². The van der Waals surface area contributed by atoms with Gasteiger partial charge in [0.2, 0.25) is 0 Å². The third-order valence-corrected chi connectivity index (χ3v) is 4.53. The van der Waals surface area contributed by atoms with Gasteiger partial charge in [0, 0.05) is 30.9 Å². The summed E-state index contributed by atoms with van der Waals surface area (Å²) in [7, 11) is 0. The summed E-state index contributed by atoms with van der Waals surface area (Å²) in [6.45, 7) is 4.63. The highest BCUT2D eigenvalue weighted by molar-refractivity contribution is 5.87. The van der Waals surface area contributed by atoms with Crippen LogP contribution in [-0.2, 0) is 13.1 Å². The van der Waals surface area contributed by atoms with Crippen molar-refractivity contribution in [3.05, 3.63) is 54.1 Å². The van der Waals surface area contributed by atoms with Crippen molar-refractivity contribution in [2.45, 2.75) is 20.0 Å². The van der Waals surface area contributed by atoms with Crippen LogP contribution >= 0.6 is 12.4 Å². The molecule has 132 valence electrons. The maximum atomic E-state index is 4.74. The second-order valence-corrected chi connectivity index (χ2v) is 6.24. The molecule has 0 unspecified atom stereocenters. The van der Waals surface area contributed by atoms with Crippen LogP contribution in [0.5, 0.6) is 0 Å². The summed E-state index contributed by atoms with van der Waals surface area (Å²) in [5.41, 5.74) is 4.88. The standard InChI is InChI=1S/C18H17N7.ClH/c1-12-9-14-15(22-21-12)3-2-4-17(14)24-7-6-20-18(24)16-10-13-11-19-5-8-25(13)23-16;/h2-4,6-7,9-10,19H,5,8,11H2,1H3;1H. The van der Waals surface area contributed by atoms with Gasteiger partial charge in [-0.3, -0.25) is 9.25 Å². The number of hydrogen-bond acceptors (Lipinski definition) is 5. The van der Waals surface area contributed by atoms with Gasteiger partial charge in [-0.05, 0) is 31.2 Å². The van der Waals surface area contributed by atoms with Gasteiger partial charge in [-0.25, -0.2) is 4.98 Å². The Morgan fingerprint density at radius 3 is 2.96 bits per heavy atom. The average Bonchev–Trinajstić information content (AvgIpc) is 3.27. The zero-order valence-corrected chi connectivity index (χ0v) is 15.1. The van der Waals surface area contributed by atoms with Crippen LogP contribution in [0.25, 0.3) is 28.1 Å². The number of fused-ring (bicyclic) bond motifs is 2. The van der Waals surface area contributed by atoms with Crippen LogP contribution in [-0.4, -0.2) is 36.1 Å². The molecule has 0 radical (unpaired) electrons. The highest BCUT2D eigenvalue weighted by atomic mass is 35.5. The smallest absolute Gasteiger partial charge is 0.165 e. The molecule has 7 nitrogen and oxygen atoms in total. The molecule has 26 heavy (non-hydrogen) atoms. The van der Waals surface area contributed by atoms with Gasteiger partial charge in [0.15, 0.2) is 5.82 Å². The number of hydrogen-bond donors (Lipinski definition) is 1. The summed E-state index contributed by atoms with van der Waals surface area (Å²) in [5.74, 6) is 0.837. The minimum atomic E-state index is 0. The highest BCUT2D eigenvalue weighted by Crippen LogP contribution is 2.26. The van der Waals surface area contributed by atoms with Crippen molar-refractivity contribution in [3.8, 4) is 17.2 Å². The van der Waals surface area contributed by atoms with Gasteiger partial charge in [-0.15, -0.1) is 12.4 Å². The molecule has 1 aliphatic rings. The minimum Gasteiger partial charge on any atom is -0.309 e. The van der Waals surface area contributed by atoms with Crippen molar-refractivity contribution < 1.29 is 0 Å². The summed E-state index contributed by atoms with van der Waals surface area (Å²) in [5, 5.41) is 17.6. The predicted molar refractivity (Wildman–Crippen MR) is 102 cm³/mol. The first-order valence-corrected chi connectivity index (χ1v) is 8.34. The number of nitrogens with one attached hydrogen (secondary N) is 1. The fraction of sp³-hybridized carbons (Fsp3) is 0.222. The van der Waals surface area contributed by atoms with Gasteiger partial charge in [-0.2, -0.15) is 15.3 Å². The highest BCUT2D eigenvalue weighted by Gasteiger charge is 2.17. The Balaban J connectivity index is 0.00000168. The van der Waals surface area contributed by atoms with Crippen molar-refractivity contribution >= 4 is 23.3 Å². The lowest BCUT2D eigenvalue weighted by Crippen LogP contribution is -2.28. The quantitative estimate of drug-likeness (QED) is 0.589. The van der Waals surface area contributed by atoms with Crippen molar-refractivity contribution in [3.63, 3.8) is 0 Å². The van der Waals surface area contributed by atoms with E-state index in [0.29, 0.717) is 0 Å². The molecule has 0 saturated carbocycles. The Kier molecular flexibility index (Phi) is 4.18. The molecule has 4 aromatic rings. The number of halogens is 1. The summed E-state index contributed by atoms with van der Waals surface area (Å²) in [6.07, 6.45) is 3.78. The molecule has 0 fully saturated rings. The largest absolute Gasteiger partial charge is 0.309 e. The number of nitrogens with zero attached hydrogens (tertiary/aromatic N) is 6. The first-order valence-electron chi connectivity index (χ1n) is 8.34. The number of imidazole rings is 1. The Hall–Kier alpha value is -2.77. The molecular formula is C18H18ClN7. The van der Waals surface area contributed by atoms with Crippen LogP contribution in [0.15, 0.2) is 42.7 Å². The topological polar surface area (TPSA) is 73.5 Å². The molecule has 0 amide bonds. The molecule has 0 atom stereocenters. The van der Waals surface area contributed by atoms with Gasteiger partial charge in [-0.1, -0.05) is 6.07 Å². The van der Waals surface area contributed by atoms with Crippen LogP contribution in [0.3, 0.4) is 0 Å². The molecule has 0 aliphatic carbocycles. The van der Waals surface area contributed by atoms with Crippen LogP contribution < -0.4 is 5.32 Å². The lowest BCUT2D eigenvalue weighted by molar-refractivity contribution is 0.476. The zero-order chi connectivity index (χ0) is 16.8. The molecule has 3 aromatic heterocycles. The summed E-state index contributed by atoms with van der Waals surface area (Å²) in [6, 6.07) is 10.2. The molecule has 1 N–H and O–H groups in total. The van der Waals surface area contributed by atoms with Crippen molar-refractivity contribution in [2.24, 2.45) is 0 Å². The monoisotopic (exact) mass is 367 g/mol. The van der Waals surface area contributed by atoms with E-state index in [1.807, 2.05) is 31.5 Å². The van der Waals surface area contributed by atoms with Crippen LogP contribution in [0.2, 0.25) is 0 Å². The first-order chi connectivity index (χ1) is 12.3. The summed E-state index contributed by atoms with van der Waals surface area (Å²) < 4.78 is 4.13. The second-order valence-electron chi connectivity index (χ2n) is 6.24. The van der Waals surface area contributed by atoms with E-state index in [1.165, 1.54) is 5.69 Å².